The van der Waals surface area contributed by atoms with Crippen molar-refractivity contribution in [2.75, 3.05) is 0 Å². The zero-order valence-electron chi connectivity index (χ0n) is 12.6. The van der Waals surface area contributed by atoms with Gasteiger partial charge >= 0.3 is 0 Å². The molecule has 0 radical (unpaired) electrons. The van der Waals surface area contributed by atoms with Gasteiger partial charge in [0, 0.05) is 24.1 Å². The molecule has 0 fully saturated rings. The molecular weight excluding hydrogens is 278 g/mol. The average molecular weight is 297 g/mol. The second-order valence-electron chi connectivity index (χ2n) is 5.29. The number of carbonyl (C=O) groups is 1. The molecule has 114 valence electrons. The lowest BCUT2D eigenvalue weighted by Crippen LogP contribution is -1.99. The minimum atomic E-state index is -0.393. The van der Waals surface area contributed by atoms with Crippen molar-refractivity contribution in [3.05, 3.63) is 75.3 Å². The van der Waals surface area contributed by atoms with Gasteiger partial charge < -0.3 is 0 Å². The van der Waals surface area contributed by atoms with Crippen molar-refractivity contribution >= 4 is 11.5 Å². The van der Waals surface area contributed by atoms with Gasteiger partial charge in [-0.3, -0.25) is 14.9 Å². The van der Waals surface area contributed by atoms with Crippen molar-refractivity contribution < 1.29 is 9.72 Å². The van der Waals surface area contributed by atoms with E-state index in [-0.39, 0.29) is 11.5 Å². The van der Waals surface area contributed by atoms with E-state index in [1.54, 1.807) is 12.1 Å². The van der Waals surface area contributed by atoms with Gasteiger partial charge in [-0.15, -0.1) is 0 Å². The molecule has 0 amide bonds. The quantitative estimate of drug-likeness (QED) is 0.433. The number of nitrogens with zero attached hydrogens (tertiary/aromatic N) is 1. The third kappa shape index (κ3) is 4.25. The number of ketones is 1. The highest BCUT2D eigenvalue weighted by Crippen LogP contribution is 2.15. The molecule has 0 unspecified atom stereocenters. The Morgan fingerprint density at radius 1 is 0.955 bits per heavy atom. The van der Waals surface area contributed by atoms with E-state index in [0.29, 0.717) is 6.42 Å². The molecule has 0 saturated heterocycles. The number of hydrogen-bond acceptors (Lipinski definition) is 3. The highest BCUT2D eigenvalue weighted by molar-refractivity contribution is 5.95. The van der Waals surface area contributed by atoms with Crippen LogP contribution in [-0.2, 0) is 12.8 Å². The first kappa shape index (κ1) is 15.9. The number of rotatable bonds is 7. The molecule has 0 N–H and O–H groups in total. The van der Waals surface area contributed by atoms with Crippen LogP contribution in [0.4, 0.5) is 5.69 Å². The van der Waals surface area contributed by atoms with E-state index in [1.165, 1.54) is 12.1 Å². The molecule has 0 aliphatic heterocycles. The van der Waals surface area contributed by atoms with Gasteiger partial charge in [0.15, 0.2) is 5.78 Å². The van der Waals surface area contributed by atoms with Crippen molar-refractivity contribution in [3.8, 4) is 0 Å². The first-order valence-corrected chi connectivity index (χ1v) is 7.45. The number of hydrogen-bond donors (Lipinski definition) is 0. The smallest absolute Gasteiger partial charge is 0.269 e. The Labute approximate surface area is 129 Å². The summed E-state index contributed by atoms with van der Waals surface area (Å²) < 4.78 is 0. The molecule has 0 saturated carbocycles. The monoisotopic (exact) mass is 297 g/mol. The average Bonchev–Trinajstić information content (AvgIpc) is 2.54. The van der Waals surface area contributed by atoms with Gasteiger partial charge in [0.05, 0.1) is 4.92 Å². The van der Waals surface area contributed by atoms with Crippen LogP contribution in [-0.4, -0.2) is 10.7 Å². The minimum Gasteiger partial charge on any atom is -0.294 e. The number of Topliss-reactive ketones (excluding diaryl/α,β-unsaturated/α-hetero) is 1. The Hall–Kier alpha value is -2.49. The van der Waals surface area contributed by atoms with Crippen LogP contribution < -0.4 is 0 Å². The van der Waals surface area contributed by atoms with Gasteiger partial charge in [-0.2, -0.15) is 0 Å². The fraction of sp³-hybridized carbons (Fsp3) is 0.278. The number of benzene rings is 2. The maximum atomic E-state index is 11.8. The van der Waals surface area contributed by atoms with E-state index in [9.17, 15) is 14.9 Å². The van der Waals surface area contributed by atoms with E-state index in [0.717, 1.165) is 36.0 Å². The summed E-state index contributed by atoms with van der Waals surface area (Å²) >= 11 is 0. The van der Waals surface area contributed by atoms with Crippen molar-refractivity contribution in [2.24, 2.45) is 0 Å². The van der Waals surface area contributed by atoms with Gasteiger partial charge in [0.25, 0.3) is 5.69 Å². The molecule has 4 nitrogen and oxygen atoms in total. The molecule has 0 aliphatic rings. The molecule has 0 bridgehead atoms. The van der Waals surface area contributed by atoms with Gasteiger partial charge in [-0.05, 0) is 30.4 Å². The minimum absolute atomic E-state index is 0.113. The summed E-state index contributed by atoms with van der Waals surface area (Å²) in [5, 5.41) is 10.6. The highest BCUT2D eigenvalue weighted by Gasteiger charge is 2.06. The van der Waals surface area contributed by atoms with Gasteiger partial charge in [-0.25, -0.2) is 0 Å². The fourth-order valence-corrected chi connectivity index (χ4v) is 2.30. The number of nitro groups is 1. The van der Waals surface area contributed by atoms with Crippen LogP contribution in [0.2, 0.25) is 0 Å². The summed E-state index contributed by atoms with van der Waals surface area (Å²) in [5.41, 5.74) is 3.10. The maximum absolute atomic E-state index is 11.8. The molecular formula is C18H19NO3. The molecule has 2 aromatic rings. The van der Waals surface area contributed by atoms with Crippen LogP contribution in [0.5, 0.6) is 0 Å². The van der Waals surface area contributed by atoms with Crippen molar-refractivity contribution in [1.82, 2.24) is 0 Å². The summed E-state index contributed by atoms with van der Waals surface area (Å²) in [5.74, 6) is 0.185. The van der Waals surface area contributed by atoms with E-state index in [2.05, 4.69) is 0 Å². The fourth-order valence-electron chi connectivity index (χ4n) is 2.30. The highest BCUT2D eigenvalue weighted by atomic mass is 16.6. The number of non-ortho nitro benzene ring substituents is 1. The van der Waals surface area contributed by atoms with Crippen molar-refractivity contribution in [1.29, 1.82) is 0 Å². The van der Waals surface area contributed by atoms with Crippen LogP contribution in [0.15, 0.2) is 48.5 Å². The lowest BCUT2D eigenvalue weighted by atomic mass is 10.0. The zero-order valence-corrected chi connectivity index (χ0v) is 12.6. The molecule has 4 heteroatoms. The maximum Gasteiger partial charge on any atom is 0.269 e. The van der Waals surface area contributed by atoms with Gasteiger partial charge in [-0.1, -0.05) is 43.3 Å². The number of nitro benzene ring substituents is 1. The SMILES string of the molecule is CCCC(=O)c1ccc(CCc2ccc([N+](=O)[O-])cc2)cc1. The molecule has 22 heavy (non-hydrogen) atoms. The summed E-state index contributed by atoms with van der Waals surface area (Å²) in [6, 6.07) is 14.4. The molecule has 0 heterocycles. The number of carbonyl (C=O) groups excluding carboxylic acids is 1. The summed E-state index contributed by atoms with van der Waals surface area (Å²) in [4.78, 5) is 22.0. The topological polar surface area (TPSA) is 60.2 Å². The molecule has 2 rings (SSSR count). The number of aryl methyl sites for hydroxylation is 2. The largest absolute Gasteiger partial charge is 0.294 e. The Balaban J connectivity index is 1.94. The Bertz CT molecular complexity index is 645. The predicted octanol–water partition coefficient (Wildman–Crippen LogP) is 4.36. The molecule has 0 aliphatic carbocycles. The molecule has 0 aromatic heterocycles. The van der Waals surface area contributed by atoms with Crippen LogP contribution in [0.1, 0.15) is 41.3 Å². The lowest BCUT2D eigenvalue weighted by molar-refractivity contribution is -0.384. The molecule has 0 atom stereocenters. The molecule has 2 aromatic carbocycles. The van der Waals surface area contributed by atoms with E-state index >= 15 is 0 Å². The van der Waals surface area contributed by atoms with E-state index in [4.69, 9.17) is 0 Å². The Morgan fingerprint density at radius 2 is 1.45 bits per heavy atom. The van der Waals surface area contributed by atoms with Gasteiger partial charge in [0.1, 0.15) is 0 Å². The van der Waals surface area contributed by atoms with Crippen molar-refractivity contribution in [3.63, 3.8) is 0 Å². The van der Waals surface area contributed by atoms with Crippen LogP contribution in [0.25, 0.3) is 0 Å². The Morgan fingerprint density at radius 3 is 1.91 bits per heavy atom. The predicted molar refractivity (Wildman–Crippen MR) is 86.2 cm³/mol. The van der Waals surface area contributed by atoms with Crippen LogP contribution in [0.3, 0.4) is 0 Å². The van der Waals surface area contributed by atoms with Crippen LogP contribution >= 0.6 is 0 Å². The lowest BCUT2D eigenvalue weighted by Gasteiger charge is -2.04. The second-order valence-corrected chi connectivity index (χ2v) is 5.29. The summed E-state index contributed by atoms with van der Waals surface area (Å²) in [6.45, 7) is 2.00. The van der Waals surface area contributed by atoms with E-state index < -0.39 is 4.92 Å². The second kappa shape index (κ2) is 7.50. The first-order valence-electron chi connectivity index (χ1n) is 7.45. The third-order valence-electron chi connectivity index (χ3n) is 3.60. The zero-order chi connectivity index (χ0) is 15.9. The van der Waals surface area contributed by atoms with Crippen LogP contribution in [0, 0.1) is 10.1 Å². The van der Waals surface area contributed by atoms with E-state index in [1.807, 2.05) is 31.2 Å². The first-order chi connectivity index (χ1) is 10.6. The summed E-state index contributed by atoms with van der Waals surface area (Å²) in [6.07, 6.45) is 3.11. The van der Waals surface area contributed by atoms with Crippen molar-refractivity contribution in [2.45, 2.75) is 32.6 Å². The normalized spacial score (nSPS) is 10.4. The molecule has 0 spiro atoms. The third-order valence-corrected chi connectivity index (χ3v) is 3.60. The Kier molecular flexibility index (Phi) is 5.42. The standard InChI is InChI=1S/C18H19NO3/c1-2-3-18(20)16-10-6-14(7-11-16)4-5-15-8-12-17(13-9-15)19(21)22/h6-13H,2-5H2,1H3. The van der Waals surface area contributed by atoms with Gasteiger partial charge in [0.2, 0.25) is 0 Å². The summed E-state index contributed by atoms with van der Waals surface area (Å²) in [7, 11) is 0.